The molecule has 0 spiro atoms. The standard InChI is InChI=1S/C8H4BrClF3NO/c9-5-2-6(14)4(8(11,12)13)1-3(5)7(10)15/h1-2H,14H2. The normalized spacial score (nSPS) is 11.5. The van der Waals surface area contributed by atoms with Crippen LogP contribution in [0.2, 0.25) is 0 Å². The largest absolute Gasteiger partial charge is 0.418 e. The summed E-state index contributed by atoms with van der Waals surface area (Å²) < 4.78 is 37.3. The van der Waals surface area contributed by atoms with Crippen LogP contribution in [0.15, 0.2) is 16.6 Å². The van der Waals surface area contributed by atoms with Gasteiger partial charge in [0, 0.05) is 15.7 Å². The third kappa shape index (κ3) is 2.63. The van der Waals surface area contributed by atoms with Crippen molar-refractivity contribution < 1.29 is 18.0 Å². The minimum Gasteiger partial charge on any atom is -0.398 e. The fraction of sp³-hybridized carbons (Fsp3) is 0.125. The van der Waals surface area contributed by atoms with Crippen molar-refractivity contribution in [2.45, 2.75) is 6.18 Å². The number of halogens is 5. The van der Waals surface area contributed by atoms with Crippen molar-refractivity contribution in [1.82, 2.24) is 0 Å². The van der Waals surface area contributed by atoms with E-state index in [2.05, 4.69) is 15.9 Å². The van der Waals surface area contributed by atoms with E-state index in [1.165, 1.54) is 0 Å². The topological polar surface area (TPSA) is 43.1 Å². The molecule has 0 amide bonds. The molecule has 1 aromatic rings. The van der Waals surface area contributed by atoms with Crippen molar-refractivity contribution in [3.63, 3.8) is 0 Å². The molecule has 2 nitrogen and oxygen atoms in total. The molecule has 0 saturated carbocycles. The summed E-state index contributed by atoms with van der Waals surface area (Å²) in [6, 6.07) is 1.62. The smallest absolute Gasteiger partial charge is 0.398 e. The van der Waals surface area contributed by atoms with Gasteiger partial charge in [-0.1, -0.05) is 0 Å². The van der Waals surface area contributed by atoms with Crippen molar-refractivity contribution in [2.24, 2.45) is 0 Å². The zero-order chi connectivity index (χ0) is 11.8. The molecule has 0 unspecified atom stereocenters. The first-order valence-corrected chi connectivity index (χ1v) is 4.76. The number of hydrogen-bond donors (Lipinski definition) is 1. The SMILES string of the molecule is Nc1cc(Br)c(C(=O)Cl)cc1C(F)(F)F. The highest BCUT2D eigenvalue weighted by atomic mass is 79.9. The molecule has 0 heterocycles. The molecule has 2 N–H and O–H groups in total. The molecule has 0 aliphatic carbocycles. The summed E-state index contributed by atoms with van der Waals surface area (Å²) in [5, 5.41) is -0.979. The fourth-order valence-corrected chi connectivity index (χ4v) is 1.80. The second-order valence-corrected chi connectivity index (χ2v) is 3.89. The molecule has 1 aromatic carbocycles. The van der Waals surface area contributed by atoms with Crippen LogP contribution in [0.5, 0.6) is 0 Å². The quantitative estimate of drug-likeness (QED) is 0.638. The van der Waals surface area contributed by atoms with Gasteiger partial charge in [-0.05, 0) is 39.7 Å². The number of alkyl halides is 3. The Bertz CT molecular complexity index is 419. The van der Waals surface area contributed by atoms with Crippen molar-refractivity contribution in [2.75, 3.05) is 5.73 Å². The summed E-state index contributed by atoms with van der Waals surface area (Å²) in [6.45, 7) is 0. The molecule has 0 aliphatic heterocycles. The molecule has 15 heavy (non-hydrogen) atoms. The Morgan fingerprint density at radius 2 is 1.93 bits per heavy atom. The highest BCUT2D eigenvalue weighted by Gasteiger charge is 2.34. The molecule has 0 radical (unpaired) electrons. The Morgan fingerprint density at radius 1 is 1.40 bits per heavy atom. The van der Waals surface area contributed by atoms with E-state index in [9.17, 15) is 18.0 Å². The van der Waals surface area contributed by atoms with Crippen molar-refractivity contribution in [3.05, 3.63) is 27.7 Å². The molecule has 0 bridgehead atoms. The maximum absolute atomic E-state index is 12.4. The number of hydrogen-bond acceptors (Lipinski definition) is 2. The molecular weight excluding hydrogens is 298 g/mol. The van der Waals surface area contributed by atoms with Gasteiger partial charge in [0.25, 0.3) is 5.24 Å². The summed E-state index contributed by atoms with van der Waals surface area (Å²) in [7, 11) is 0. The average molecular weight is 302 g/mol. The lowest BCUT2D eigenvalue weighted by Gasteiger charge is -2.11. The first kappa shape index (κ1) is 12.3. The van der Waals surface area contributed by atoms with Crippen LogP contribution in [0.25, 0.3) is 0 Å². The Kier molecular flexibility index (Phi) is 3.30. The van der Waals surface area contributed by atoms with Gasteiger partial charge in [0.05, 0.1) is 5.56 Å². The molecule has 7 heteroatoms. The number of anilines is 1. The molecule has 0 atom stereocenters. The third-order valence-electron chi connectivity index (χ3n) is 1.66. The second kappa shape index (κ2) is 4.02. The number of nitrogen functional groups attached to an aromatic ring is 1. The highest BCUT2D eigenvalue weighted by molar-refractivity contribution is 9.10. The molecule has 0 aliphatic rings. The van der Waals surface area contributed by atoms with E-state index in [1.54, 1.807) is 0 Å². The first-order chi connectivity index (χ1) is 6.73. The Balaban J connectivity index is 3.43. The van der Waals surface area contributed by atoms with Crippen LogP contribution in [-0.2, 0) is 6.18 Å². The van der Waals surface area contributed by atoms with Gasteiger partial charge >= 0.3 is 6.18 Å². The predicted molar refractivity (Wildman–Crippen MR) is 53.7 cm³/mol. The van der Waals surface area contributed by atoms with Gasteiger partial charge in [-0.15, -0.1) is 0 Å². The van der Waals surface area contributed by atoms with E-state index in [4.69, 9.17) is 17.3 Å². The lowest BCUT2D eigenvalue weighted by molar-refractivity contribution is -0.136. The van der Waals surface area contributed by atoms with Gasteiger partial charge in [-0.25, -0.2) is 0 Å². The lowest BCUT2D eigenvalue weighted by atomic mass is 10.1. The zero-order valence-corrected chi connectivity index (χ0v) is 9.37. The molecule has 0 saturated heterocycles. The minimum atomic E-state index is -4.61. The maximum atomic E-state index is 12.4. The van der Waals surface area contributed by atoms with Gasteiger partial charge in [0.2, 0.25) is 0 Å². The number of nitrogens with two attached hydrogens (primary N) is 1. The van der Waals surface area contributed by atoms with Crippen molar-refractivity contribution in [1.29, 1.82) is 0 Å². The van der Waals surface area contributed by atoms with Gasteiger partial charge in [0.15, 0.2) is 0 Å². The van der Waals surface area contributed by atoms with E-state index in [-0.39, 0.29) is 10.0 Å². The first-order valence-electron chi connectivity index (χ1n) is 3.59. The zero-order valence-electron chi connectivity index (χ0n) is 7.03. The number of rotatable bonds is 1. The van der Waals surface area contributed by atoms with E-state index >= 15 is 0 Å². The van der Waals surface area contributed by atoms with E-state index in [1.807, 2.05) is 0 Å². The van der Waals surface area contributed by atoms with Crippen LogP contribution < -0.4 is 5.73 Å². The summed E-state index contributed by atoms with van der Waals surface area (Å²) >= 11 is 8.00. The van der Waals surface area contributed by atoms with Gasteiger partial charge < -0.3 is 5.73 Å². The fourth-order valence-electron chi connectivity index (χ4n) is 0.985. The van der Waals surface area contributed by atoms with Crippen LogP contribution in [0.1, 0.15) is 15.9 Å². The Morgan fingerprint density at radius 3 is 2.33 bits per heavy atom. The van der Waals surface area contributed by atoms with E-state index < -0.39 is 22.7 Å². The van der Waals surface area contributed by atoms with Crippen LogP contribution in [0.4, 0.5) is 18.9 Å². The molecule has 0 fully saturated rings. The Hall–Kier alpha value is -0.750. The highest BCUT2D eigenvalue weighted by Crippen LogP contribution is 2.36. The third-order valence-corrected chi connectivity index (χ3v) is 2.52. The van der Waals surface area contributed by atoms with Gasteiger partial charge in [-0.3, -0.25) is 4.79 Å². The Labute approximate surface area is 96.3 Å². The van der Waals surface area contributed by atoms with Crippen molar-refractivity contribution in [3.8, 4) is 0 Å². The number of carbonyl (C=O) groups is 1. The van der Waals surface area contributed by atoms with Crippen LogP contribution in [-0.4, -0.2) is 5.24 Å². The summed E-state index contributed by atoms with van der Waals surface area (Å²) in [4.78, 5) is 10.8. The van der Waals surface area contributed by atoms with Crippen molar-refractivity contribution >= 4 is 38.5 Å². The monoisotopic (exact) mass is 301 g/mol. The average Bonchev–Trinajstić information content (AvgIpc) is 2.00. The van der Waals surface area contributed by atoms with Crippen LogP contribution in [0.3, 0.4) is 0 Å². The summed E-state index contributed by atoms with van der Waals surface area (Å²) in [5.74, 6) is 0. The van der Waals surface area contributed by atoms with E-state index in [0.717, 1.165) is 6.07 Å². The molecule has 0 aromatic heterocycles. The predicted octanol–water partition coefficient (Wildman–Crippen LogP) is 3.43. The van der Waals surface area contributed by atoms with Crippen LogP contribution >= 0.6 is 27.5 Å². The molecule has 82 valence electrons. The number of carbonyl (C=O) groups excluding carboxylic acids is 1. The maximum Gasteiger partial charge on any atom is 0.418 e. The van der Waals surface area contributed by atoms with Crippen LogP contribution in [0, 0.1) is 0 Å². The summed E-state index contributed by atoms with van der Waals surface area (Å²) in [6.07, 6.45) is -4.61. The second-order valence-electron chi connectivity index (χ2n) is 2.69. The minimum absolute atomic E-state index is 0.132. The lowest BCUT2D eigenvalue weighted by Crippen LogP contribution is -2.10. The summed E-state index contributed by atoms with van der Waals surface area (Å²) in [5.41, 5.74) is 3.37. The molecular formula is C8H4BrClF3NO. The van der Waals surface area contributed by atoms with E-state index in [0.29, 0.717) is 6.07 Å². The van der Waals surface area contributed by atoms with Gasteiger partial charge in [-0.2, -0.15) is 13.2 Å². The van der Waals surface area contributed by atoms with Gasteiger partial charge in [0.1, 0.15) is 0 Å². The molecule has 1 rings (SSSR count). The number of benzene rings is 1.